The highest BCUT2D eigenvalue weighted by Gasteiger charge is 2.30. The molecule has 0 aromatic rings. The predicted octanol–water partition coefficient (Wildman–Crippen LogP) is 22.3. The molecule has 10 heteroatoms. The Morgan fingerprint density at radius 1 is 0.425 bits per heavy atom. The summed E-state index contributed by atoms with van der Waals surface area (Å²) in [4.78, 5) is 37.8. The van der Waals surface area contributed by atoms with Gasteiger partial charge >= 0.3 is 13.8 Å². The summed E-state index contributed by atoms with van der Waals surface area (Å²) in [5.41, 5.74) is 0. The van der Waals surface area contributed by atoms with Gasteiger partial charge in [-0.05, 0) is 31.8 Å². The van der Waals surface area contributed by atoms with E-state index in [2.05, 4.69) is 26.1 Å². The van der Waals surface area contributed by atoms with Gasteiger partial charge in [-0.1, -0.05) is 341 Å². The first-order valence-electron chi connectivity index (χ1n) is 35.5. The maximum absolute atomic E-state index is 13.6. The largest absolute Gasteiger partial charge is 0.472 e. The van der Waals surface area contributed by atoms with E-state index in [1.807, 2.05) is 33.3 Å². The van der Waals surface area contributed by atoms with E-state index in [4.69, 9.17) is 13.8 Å². The second-order valence-corrected chi connectivity index (χ2v) is 27.2. The number of amides is 1. The normalized spacial score (nSPS) is 13.5. The van der Waals surface area contributed by atoms with Crippen LogP contribution in [-0.4, -0.2) is 74.3 Å². The highest BCUT2D eigenvalue weighted by atomic mass is 31.2. The first-order valence-corrected chi connectivity index (χ1v) is 37.0. The number of phosphoric ester groups is 1. The molecule has 0 saturated heterocycles. The zero-order valence-electron chi connectivity index (χ0n) is 54.6. The van der Waals surface area contributed by atoms with Crippen molar-refractivity contribution in [2.24, 2.45) is 0 Å². The highest BCUT2D eigenvalue weighted by molar-refractivity contribution is 7.47. The third-order valence-electron chi connectivity index (χ3n) is 16.5. The number of nitrogens with one attached hydrogen (secondary N) is 1. The Balaban J connectivity index is 4.91. The number of allylic oxidation sites excluding steroid dienone is 1. The van der Waals surface area contributed by atoms with E-state index in [-0.39, 0.29) is 25.1 Å². The monoisotopic (exact) mass is 1150 g/mol. The number of hydrogen-bond acceptors (Lipinski definition) is 6. The molecule has 0 saturated carbocycles. The van der Waals surface area contributed by atoms with Crippen LogP contribution in [0.15, 0.2) is 12.2 Å². The summed E-state index contributed by atoms with van der Waals surface area (Å²) in [6.07, 6.45) is 72.4. The fourth-order valence-electron chi connectivity index (χ4n) is 11.0. The van der Waals surface area contributed by atoms with Crippen molar-refractivity contribution < 1.29 is 37.3 Å². The molecule has 3 unspecified atom stereocenters. The van der Waals surface area contributed by atoms with Crippen molar-refractivity contribution in [2.45, 2.75) is 386 Å². The van der Waals surface area contributed by atoms with Crippen LogP contribution in [0.3, 0.4) is 0 Å². The summed E-state index contributed by atoms with van der Waals surface area (Å²) in [7, 11) is 1.52. The Hall–Kier alpha value is -1.25. The maximum Gasteiger partial charge on any atom is 0.472 e. The maximum atomic E-state index is 13.6. The Kier molecular flexibility index (Phi) is 59.9. The summed E-state index contributed by atoms with van der Waals surface area (Å²) in [5.74, 6) is -0.479. The number of quaternary nitrogens is 1. The van der Waals surface area contributed by atoms with E-state index < -0.39 is 20.0 Å². The van der Waals surface area contributed by atoms with Crippen LogP contribution in [0, 0.1) is 0 Å². The molecule has 0 spiro atoms. The van der Waals surface area contributed by atoms with Crippen molar-refractivity contribution in [2.75, 3.05) is 40.9 Å². The number of carbonyl (C=O) groups excluding carboxylic acids is 2. The van der Waals surface area contributed by atoms with Gasteiger partial charge in [0.25, 0.3) is 0 Å². The number of likely N-dealkylation sites (N-methyl/N-ethyl adjacent to an activating group) is 1. The highest BCUT2D eigenvalue weighted by Crippen LogP contribution is 2.43. The zero-order valence-corrected chi connectivity index (χ0v) is 55.5. The number of ether oxygens (including phenoxy) is 1. The smallest absolute Gasteiger partial charge is 0.456 e. The van der Waals surface area contributed by atoms with Gasteiger partial charge in [-0.2, -0.15) is 0 Å². The molecule has 0 aromatic carbocycles. The molecule has 2 N–H and O–H groups in total. The molecule has 476 valence electrons. The summed E-state index contributed by atoms with van der Waals surface area (Å²) in [5, 5.41) is 3.07. The Morgan fingerprint density at radius 3 is 1.02 bits per heavy atom. The van der Waals surface area contributed by atoms with Crippen molar-refractivity contribution in [1.29, 1.82) is 0 Å². The number of hydrogen-bond donors (Lipinski definition) is 2. The molecular formula is C70H140N2O7P+. The van der Waals surface area contributed by atoms with Crippen LogP contribution in [0.5, 0.6) is 0 Å². The summed E-state index contributed by atoms with van der Waals surface area (Å²) >= 11 is 0. The van der Waals surface area contributed by atoms with Crippen molar-refractivity contribution in [1.82, 2.24) is 5.32 Å². The molecule has 0 aliphatic heterocycles. The predicted molar refractivity (Wildman–Crippen MR) is 347 cm³/mol. The lowest BCUT2D eigenvalue weighted by Gasteiger charge is -2.27. The lowest BCUT2D eigenvalue weighted by atomic mass is 10.0. The zero-order chi connectivity index (χ0) is 58.6. The third kappa shape index (κ3) is 61.3. The Labute approximate surface area is 499 Å². The third-order valence-corrected chi connectivity index (χ3v) is 17.5. The molecule has 0 heterocycles. The van der Waals surface area contributed by atoms with E-state index in [1.54, 1.807) is 0 Å². The molecule has 80 heavy (non-hydrogen) atoms. The van der Waals surface area contributed by atoms with Gasteiger partial charge in [-0.3, -0.25) is 18.6 Å². The van der Waals surface area contributed by atoms with E-state index in [1.165, 1.54) is 283 Å². The molecule has 1 amide bonds. The second kappa shape index (κ2) is 60.9. The van der Waals surface area contributed by atoms with Crippen LogP contribution >= 0.6 is 7.82 Å². The van der Waals surface area contributed by atoms with Gasteiger partial charge in [0, 0.05) is 12.8 Å². The van der Waals surface area contributed by atoms with Gasteiger partial charge in [-0.15, -0.1) is 0 Å². The minimum absolute atomic E-state index is 0.0459. The van der Waals surface area contributed by atoms with Gasteiger partial charge in [0.15, 0.2) is 0 Å². The molecule has 0 aliphatic rings. The lowest BCUT2D eigenvalue weighted by molar-refractivity contribution is -0.870. The summed E-state index contributed by atoms with van der Waals surface area (Å²) < 4.78 is 30.8. The van der Waals surface area contributed by atoms with Crippen LogP contribution in [0.2, 0.25) is 0 Å². The molecule has 0 rings (SSSR count). The summed E-state index contributed by atoms with van der Waals surface area (Å²) in [6.45, 7) is 7.08. The van der Waals surface area contributed by atoms with E-state index >= 15 is 0 Å². The number of carbonyl (C=O) groups is 2. The number of rotatable bonds is 66. The van der Waals surface area contributed by atoms with Crippen molar-refractivity contribution in [3.8, 4) is 0 Å². The van der Waals surface area contributed by atoms with E-state index in [0.29, 0.717) is 23.9 Å². The fraction of sp³-hybridized carbons (Fsp3) is 0.943. The molecule has 0 fully saturated rings. The average molecular weight is 1150 g/mol. The van der Waals surface area contributed by atoms with Gasteiger partial charge in [-0.25, -0.2) is 4.57 Å². The fourth-order valence-corrected chi connectivity index (χ4v) is 11.7. The minimum atomic E-state index is -4.44. The first kappa shape index (κ1) is 78.8. The van der Waals surface area contributed by atoms with E-state index in [9.17, 15) is 19.0 Å². The Morgan fingerprint density at radius 2 is 0.713 bits per heavy atom. The molecule has 0 aromatic heterocycles. The number of esters is 1. The molecule has 3 atom stereocenters. The first-order chi connectivity index (χ1) is 38.9. The SMILES string of the molecule is CCCCCCCCCCC/C=C\C(OC(=O)CCCCCCCCCCCCCCCCCCCCCCCCCCCCC)C(COP(=O)(O)OCC[N+](C)(C)C)NC(=O)CCCCCCCCCCCCCCCCCC. The number of nitrogens with zero attached hydrogens (tertiary/aromatic N) is 1. The van der Waals surface area contributed by atoms with Crippen LogP contribution in [0.25, 0.3) is 0 Å². The van der Waals surface area contributed by atoms with Crippen LogP contribution in [-0.2, 0) is 27.9 Å². The van der Waals surface area contributed by atoms with Gasteiger partial charge < -0.3 is 19.4 Å². The summed E-state index contributed by atoms with van der Waals surface area (Å²) in [6, 6.07) is -0.840. The second-order valence-electron chi connectivity index (χ2n) is 25.8. The molecule has 0 aliphatic carbocycles. The standard InChI is InChI=1S/C70H139N2O7P/c1-7-10-13-16-19-22-25-27-29-31-32-33-34-35-36-37-38-39-40-41-43-45-48-51-54-57-60-63-70(74)79-68(61-58-55-52-49-46-24-21-18-15-12-9-3)67(66-78-80(75,76)77-65-64-72(4,5)6)71-69(73)62-59-56-53-50-47-44-42-30-28-26-23-20-17-14-11-8-2/h58,61,67-68H,7-57,59-60,62-66H2,1-6H3,(H-,71,73,75,76)/p+1/b61-58-. The molecular weight excluding hydrogens is 1010 g/mol. The number of unbranched alkanes of at least 4 members (excludes halogenated alkanes) is 50. The van der Waals surface area contributed by atoms with Gasteiger partial charge in [0.05, 0.1) is 33.8 Å². The van der Waals surface area contributed by atoms with Crippen molar-refractivity contribution >= 4 is 19.7 Å². The molecule has 9 nitrogen and oxygen atoms in total. The topological polar surface area (TPSA) is 111 Å². The van der Waals surface area contributed by atoms with Crippen LogP contribution < -0.4 is 5.32 Å². The quantitative estimate of drug-likeness (QED) is 0.0205. The van der Waals surface area contributed by atoms with Gasteiger partial charge in [0.2, 0.25) is 5.91 Å². The van der Waals surface area contributed by atoms with E-state index in [0.717, 1.165) is 57.8 Å². The molecule has 0 radical (unpaired) electrons. The Bertz CT molecular complexity index is 1370. The van der Waals surface area contributed by atoms with Crippen molar-refractivity contribution in [3.05, 3.63) is 12.2 Å². The van der Waals surface area contributed by atoms with Crippen LogP contribution in [0.1, 0.15) is 374 Å². The number of phosphoric acid groups is 1. The molecule has 0 bridgehead atoms. The lowest BCUT2D eigenvalue weighted by Crippen LogP contribution is -2.47. The minimum Gasteiger partial charge on any atom is -0.456 e. The van der Waals surface area contributed by atoms with Gasteiger partial charge in [0.1, 0.15) is 19.3 Å². The van der Waals surface area contributed by atoms with Crippen molar-refractivity contribution in [3.63, 3.8) is 0 Å². The van der Waals surface area contributed by atoms with Crippen LogP contribution in [0.4, 0.5) is 0 Å². The average Bonchev–Trinajstić information content (AvgIpc) is 3.43.